The third-order valence-electron chi connectivity index (χ3n) is 2.97. The standard InChI is InChI=1S/C12H15ClN2OS/c13-10-6-8(12(14)17)3-4-11(10)15-5-1-2-9(16)7-15/h3-4,6,9,16H,1-2,5,7H2,(H2,14,17). The van der Waals surface area contributed by atoms with Gasteiger partial charge in [-0.2, -0.15) is 0 Å². The van der Waals surface area contributed by atoms with Crippen molar-refractivity contribution in [1.29, 1.82) is 0 Å². The molecule has 0 radical (unpaired) electrons. The lowest BCUT2D eigenvalue weighted by Gasteiger charge is -2.32. The van der Waals surface area contributed by atoms with Crippen LogP contribution in [0.2, 0.25) is 5.02 Å². The Labute approximate surface area is 111 Å². The van der Waals surface area contributed by atoms with Crippen LogP contribution in [0.25, 0.3) is 0 Å². The van der Waals surface area contributed by atoms with E-state index >= 15 is 0 Å². The minimum atomic E-state index is -0.268. The number of halogens is 1. The predicted octanol–water partition coefficient (Wildman–Crippen LogP) is 1.94. The van der Waals surface area contributed by atoms with Gasteiger partial charge in [-0.25, -0.2) is 0 Å². The Morgan fingerprint density at radius 1 is 1.53 bits per heavy atom. The fourth-order valence-corrected chi connectivity index (χ4v) is 2.52. The van der Waals surface area contributed by atoms with Gasteiger partial charge in [-0.1, -0.05) is 23.8 Å². The minimum absolute atomic E-state index is 0.268. The second kappa shape index (κ2) is 5.21. The van der Waals surface area contributed by atoms with E-state index in [1.165, 1.54) is 0 Å². The summed E-state index contributed by atoms with van der Waals surface area (Å²) in [6.07, 6.45) is 1.57. The van der Waals surface area contributed by atoms with Crippen LogP contribution in [0.5, 0.6) is 0 Å². The monoisotopic (exact) mass is 270 g/mol. The zero-order chi connectivity index (χ0) is 12.4. The molecule has 17 heavy (non-hydrogen) atoms. The van der Waals surface area contributed by atoms with Crippen LogP contribution >= 0.6 is 23.8 Å². The van der Waals surface area contributed by atoms with E-state index in [9.17, 15) is 5.11 Å². The summed E-state index contributed by atoms with van der Waals surface area (Å²) in [7, 11) is 0. The Balaban J connectivity index is 2.23. The first-order chi connectivity index (χ1) is 8.08. The third kappa shape index (κ3) is 2.89. The molecule has 2 rings (SSSR count). The fraction of sp³-hybridized carbons (Fsp3) is 0.417. The molecule has 1 heterocycles. The maximum atomic E-state index is 9.65. The van der Waals surface area contributed by atoms with Gasteiger partial charge in [-0.3, -0.25) is 0 Å². The molecule has 1 aliphatic heterocycles. The van der Waals surface area contributed by atoms with Crippen LogP contribution in [-0.2, 0) is 0 Å². The summed E-state index contributed by atoms with van der Waals surface area (Å²) in [5, 5.41) is 10.3. The Hall–Kier alpha value is -0.840. The van der Waals surface area contributed by atoms with E-state index in [1.54, 1.807) is 6.07 Å². The molecule has 1 aromatic rings. The molecule has 0 saturated carbocycles. The largest absolute Gasteiger partial charge is 0.391 e. The van der Waals surface area contributed by atoms with Gasteiger partial charge < -0.3 is 15.7 Å². The van der Waals surface area contributed by atoms with Crippen molar-refractivity contribution in [3.63, 3.8) is 0 Å². The van der Waals surface area contributed by atoms with Crippen LogP contribution < -0.4 is 10.6 Å². The molecular formula is C12H15ClN2OS. The third-order valence-corrected chi connectivity index (χ3v) is 3.51. The zero-order valence-corrected chi connectivity index (χ0v) is 11.0. The first-order valence-corrected chi connectivity index (χ1v) is 6.39. The molecule has 1 unspecified atom stereocenters. The van der Waals surface area contributed by atoms with Crippen molar-refractivity contribution < 1.29 is 5.11 Å². The number of thiocarbonyl (C=S) groups is 1. The normalized spacial score (nSPS) is 20.4. The van der Waals surface area contributed by atoms with Crippen LogP contribution in [0.15, 0.2) is 18.2 Å². The highest BCUT2D eigenvalue weighted by Gasteiger charge is 2.19. The summed E-state index contributed by atoms with van der Waals surface area (Å²) in [5.74, 6) is 0. The topological polar surface area (TPSA) is 49.5 Å². The number of β-amino-alcohol motifs (C(OH)–C–C–N with tert-alkyl or cyclic N) is 1. The number of aliphatic hydroxyl groups excluding tert-OH is 1. The molecule has 3 N–H and O–H groups in total. The smallest absolute Gasteiger partial charge is 0.104 e. The first kappa shape index (κ1) is 12.6. The molecule has 1 aliphatic rings. The summed E-state index contributed by atoms with van der Waals surface area (Å²) in [4.78, 5) is 2.44. The number of nitrogens with two attached hydrogens (primary N) is 1. The molecule has 1 atom stereocenters. The molecule has 92 valence electrons. The molecular weight excluding hydrogens is 256 g/mol. The summed E-state index contributed by atoms with van der Waals surface area (Å²) < 4.78 is 0. The fourth-order valence-electron chi connectivity index (χ4n) is 2.09. The van der Waals surface area contributed by atoms with Gasteiger partial charge in [0.2, 0.25) is 0 Å². The van der Waals surface area contributed by atoms with Gasteiger partial charge in [0.25, 0.3) is 0 Å². The Morgan fingerprint density at radius 2 is 2.29 bits per heavy atom. The maximum Gasteiger partial charge on any atom is 0.104 e. The highest BCUT2D eigenvalue weighted by atomic mass is 35.5. The van der Waals surface area contributed by atoms with E-state index in [2.05, 4.69) is 4.90 Å². The number of nitrogens with zero attached hydrogens (tertiary/aromatic N) is 1. The number of rotatable bonds is 2. The van der Waals surface area contributed by atoms with Gasteiger partial charge in [-0.05, 0) is 31.0 Å². The van der Waals surface area contributed by atoms with Crippen LogP contribution in [0, 0.1) is 0 Å². The Morgan fingerprint density at radius 3 is 2.88 bits per heavy atom. The van der Waals surface area contributed by atoms with E-state index in [4.69, 9.17) is 29.6 Å². The average molecular weight is 271 g/mol. The average Bonchev–Trinajstić information content (AvgIpc) is 2.28. The lowest BCUT2D eigenvalue weighted by atomic mass is 10.1. The van der Waals surface area contributed by atoms with Gasteiger partial charge in [0, 0.05) is 18.7 Å². The summed E-state index contributed by atoms with van der Waals surface area (Å²) in [5.41, 5.74) is 7.26. The predicted molar refractivity (Wildman–Crippen MR) is 74.8 cm³/mol. The van der Waals surface area contributed by atoms with Crippen molar-refractivity contribution in [1.82, 2.24) is 0 Å². The second-order valence-corrected chi connectivity index (χ2v) is 5.12. The number of hydrogen-bond donors (Lipinski definition) is 2. The molecule has 3 nitrogen and oxygen atoms in total. The van der Waals surface area contributed by atoms with Crippen molar-refractivity contribution in [2.45, 2.75) is 18.9 Å². The highest BCUT2D eigenvalue weighted by Crippen LogP contribution is 2.29. The minimum Gasteiger partial charge on any atom is -0.391 e. The molecule has 1 fully saturated rings. The van der Waals surface area contributed by atoms with Gasteiger partial charge in [0.05, 0.1) is 16.8 Å². The van der Waals surface area contributed by atoms with Gasteiger partial charge in [0.1, 0.15) is 4.99 Å². The molecule has 0 bridgehead atoms. The summed E-state index contributed by atoms with van der Waals surface area (Å²) in [6.45, 7) is 1.55. The van der Waals surface area contributed by atoms with Crippen molar-refractivity contribution >= 4 is 34.5 Å². The second-order valence-electron chi connectivity index (χ2n) is 4.27. The molecule has 1 aromatic carbocycles. The van der Waals surface area contributed by atoms with Gasteiger partial charge >= 0.3 is 0 Å². The lowest BCUT2D eigenvalue weighted by Crippen LogP contribution is -2.38. The van der Waals surface area contributed by atoms with E-state index in [1.807, 2.05) is 12.1 Å². The quantitative estimate of drug-likeness (QED) is 0.807. The molecule has 0 aromatic heterocycles. The van der Waals surface area contributed by atoms with Crippen molar-refractivity contribution in [3.8, 4) is 0 Å². The van der Waals surface area contributed by atoms with Crippen molar-refractivity contribution in [2.75, 3.05) is 18.0 Å². The van der Waals surface area contributed by atoms with E-state index in [0.29, 0.717) is 16.6 Å². The lowest BCUT2D eigenvalue weighted by molar-refractivity contribution is 0.154. The van der Waals surface area contributed by atoms with Crippen LogP contribution in [0.1, 0.15) is 18.4 Å². The van der Waals surface area contributed by atoms with Gasteiger partial charge in [0.15, 0.2) is 0 Å². The number of piperidine rings is 1. The summed E-state index contributed by atoms with van der Waals surface area (Å²) in [6, 6.07) is 5.56. The summed E-state index contributed by atoms with van der Waals surface area (Å²) >= 11 is 11.1. The highest BCUT2D eigenvalue weighted by molar-refractivity contribution is 7.80. The number of hydrogen-bond acceptors (Lipinski definition) is 3. The SMILES string of the molecule is NC(=S)c1ccc(N2CCCC(O)C2)c(Cl)c1. The van der Waals surface area contributed by atoms with Gasteiger partial charge in [-0.15, -0.1) is 0 Å². The van der Waals surface area contributed by atoms with Crippen LogP contribution in [-0.4, -0.2) is 29.3 Å². The zero-order valence-electron chi connectivity index (χ0n) is 9.40. The Kier molecular flexibility index (Phi) is 3.86. The maximum absolute atomic E-state index is 9.65. The number of benzene rings is 1. The van der Waals surface area contributed by atoms with E-state index in [0.717, 1.165) is 30.6 Å². The number of aliphatic hydroxyl groups is 1. The molecule has 0 spiro atoms. The molecule has 0 aliphatic carbocycles. The first-order valence-electron chi connectivity index (χ1n) is 5.60. The van der Waals surface area contributed by atoms with Crippen LogP contribution in [0.3, 0.4) is 0 Å². The van der Waals surface area contributed by atoms with Crippen molar-refractivity contribution in [2.24, 2.45) is 5.73 Å². The van der Waals surface area contributed by atoms with E-state index < -0.39 is 0 Å². The number of anilines is 1. The molecule has 1 saturated heterocycles. The molecule has 5 heteroatoms. The van der Waals surface area contributed by atoms with Crippen molar-refractivity contribution in [3.05, 3.63) is 28.8 Å². The van der Waals surface area contributed by atoms with E-state index in [-0.39, 0.29) is 6.10 Å². The van der Waals surface area contributed by atoms with Crippen LogP contribution in [0.4, 0.5) is 5.69 Å². The molecule has 0 amide bonds. The Bertz CT molecular complexity index is 439.